The molecule has 4 rings (SSSR count). The first-order valence-electron chi connectivity index (χ1n) is 11.7. The molecule has 0 amide bonds. The number of carboxylic acid groups (broad SMARTS) is 1. The highest BCUT2D eigenvalue weighted by atomic mass is 16.4. The molecule has 4 heteroatoms. The van der Waals surface area contributed by atoms with Crippen molar-refractivity contribution in [2.24, 2.45) is 46.3 Å². The van der Waals surface area contributed by atoms with Crippen molar-refractivity contribution in [3.05, 3.63) is 0 Å². The van der Waals surface area contributed by atoms with Gasteiger partial charge < -0.3 is 20.1 Å². The van der Waals surface area contributed by atoms with Gasteiger partial charge in [0.1, 0.15) is 0 Å². The first-order valence-corrected chi connectivity index (χ1v) is 11.7. The number of hydrogen-bond donors (Lipinski definition) is 2. The van der Waals surface area contributed by atoms with Crippen LogP contribution in [0.3, 0.4) is 0 Å². The highest BCUT2D eigenvalue weighted by Gasteiger charge is 2.62. The van der Waals surface area contributed by atoms with Crippen LogP contribution >= 0.6 is 0 Å². The lowest BCUT2D eigenvalue weighted by molar-refractivity contribution is -0.306. The van der Waals surface area contributed by atoms with Crippen LogP contribution in [0.15, 0.2) is 0 Å². The molecule has 4 nitrogen and oxygen atoms in total. The van der Waals surface area contributed by atoms with Gasteiger partial charge in [0.05, 0.1) is 12.2 Å². The number of fused-ring (bicyclic) bond motifs is 5. The van der Waals surface area contributed by atoms with Gasteiger partial charge in [0, 0.05) is 5.97 Å². The molecule has 4 saturated carbocycles. The molecule has 10 atom stereocenters. The summed E-state index contributed by atoms with van der Waals surface area (Å²) in [5.41, 5.74) is 0.494. The van der Waals surface area contributed by atoms with Crippen molar-refractivity contribution in [3.63, 3.8) is 0 Å². The monoisotopic (exact) mass is 391 g/mol. The molecule has 28 heavy (non-hydrogen) atoms. The summed E-state index contributed by atoms with van der Waals surface area (Å²) >= 11 is 0. The Kier molecular flexibility index (Phi) is 5.36. The SMILES string of the molecule is C[C@H](CCC(=O)[O-])C1CCC2C3C(CC[C@@]21C)[C@@]1(C)CC[C@@H](O)CC1C[C@H]3O. The molecule has 4 aliphatic rings. The number of hydrogen-bond acceptors (Lipinski definition) is 4. The quantitative estimate of drug-likeness (QED) is 0.771. The fourth-order valence-corrected chi connectivity index (χ4v) is 8.72. The standard InChI is InChI=1S/C24H40O4/c1-14(4-7-21(27)28)17-5-6-18-22-19(9-11-24(17,18)3)23(2)10-8-16(25)12-15(23)13-20(22)26/h14-20,22,25-26H,4-13H2,1-3H3,(H,27,28)/p-1/t14-,15?,16-,17?,18?,19?,20-,22?,23+,24-/m1/s1. The van der Waals surface area contributed by atoms with Gasteiger partial charge >= 0.3 is 0 Å². The van der Waals surface area contributed by atoms with Crippen LogP contribution < -0.4 is 5.11 Å². The maximum atomic E-state index is 11.2. The predicted molar refractivity (Wildman–Crippen MR) is 106 cm³/mol. The lowest BCUT2D eigenvalue weighted by atomic mass is 9.43. The first kappa shape index (κ1) is 20.7. The number of carboxylic acids is 1. The van der Waals surface area contributed by atoms with Crippen molar-refractivity contribution in [2.45, 2.75) is 97.2 Å². The third-order valence-corrected chi connectivity index (χ3v) is 10.2. The van der Waals surface area contributed by atoms with Crippen LogP contribution in [0.4, 0.5) is 0 Å². The molecule has 0 heterocycles. The summed E-state index contributed by atoms with van der Waals surface area (Å²) < 4.78 is 0. The van der Waals surface area contributed by atoms with Crippen LogP contribution in [0, 0.1) is 46.3 Å². The zero-order valence-electron chi connectivity index (χ0n) is 17.9. The van der Waals surface area contributed by atoms with Crippen LogP contribution in [0.1, 0.15) is 85.0 Å². The topological polar surface area (TPSA) is 80.6 Å². The molecule has 4 fully saturated rings. The van der Waals surface area contributed by atoms with E-state index < -0.39 is 5.97 Å². The Bertz CT molecular complexity index is 605. The summed E-state index contributed by atoms with van der Waals surface area (Å²) in [4.78, 5) is 10.9. The molecule has 2 N–H and O–H groups in total. The molecule has 5 unspecified atom stereocenters. The van der Waals surface area contributed by atoms with E-state index in [2.05, 4.69) is 20.8 Å². The Hall–Kier alpha value is -0.610. The van der Waals surface area contributed by atoms with Gasteiger partial charge in [-0.3, -0.25) is 0 Å². The minimum atomic E-state index is -0.934. The van der Waals surface area contributed by atoms with Gasteiger partial charge in [0.25, 0.3) is 0 Å². The molecular weight excluding hydrogens is 352 g/mol. The molecule has 0 bridgehead atoms. The van der Waals surface area contributed by atoms with Crippen molar-refractivity contribution in [1.82, 2.24) is 0 Å². The fourth-order valence-electron chi connectivity index (χ4n) is 8.72. The summed E-state index contributed by atoms with van der Waals surface area (Å²) in [6.07, 6.45) is 8.91. The van der Waals surface area contributed by atoms with E-state index in [0.717, 1.165) is 25.7 Å². The highest BCUT2D eigenvalue weighted by Crippen LogP contribution is 2.68. The average Bonchev–Trinajstić information content (AvgIpc) is 2.98. The van der Waals surface area contributed by atoms with E-state index in [4.69, 9.17) is 0 Å². The third kappa shape index (κ3) is 3.14. The van der Waals surface area contributed by atoms with Crippen LogP contribution in [0.5, 0.6) is 0 Å². The summed E-state index contributed by atoms with van der Waals surface area (Å²) in [7, 11) is 0. The third-order valence-electron chi connectivity index (χ3n) is 10.2. The van der Waals surface area contributed by atoms with Crippen molar-refractivity contribution < 1.29 is 20.1 Å². The van der Waals surface area contributed by atoms with Crippen molar-refractivity contribution in [2.75, 3.05) is 0 Å². The average molecular weight is 392 g/mol. The van der Waals surface area contributed by atoms with Gasteiger partial charge in [-0.15, -0.1) is 0 Å². The van der Waals surface area contributed by atoms with E-state index in [9.17, 15) is 20.1 Å². The number of carbonyl (C=O) groups is 1. The summed E-state index contributed by atoms with van der Waals surface area (Å²) in [5, 5.41) is 32.4. The molecule has 0 aromatic rings. The van der Waals surface area contributed by atoms with Crippen LogP contribution in [-0.2, 0) is 4.79 Å². The first-order chi connectivity index (χ1) is 13.2. The number of rotatable bonds is 4. The smallest absolute Gasteiger partial charge is 0.0577 e. The van der Waals surface area contributed by atoms with Gasteiger partial charge in [-0.05, 0) is 111 Å². The minimum absolute atomic E-state index is 0.162. The zero-order chi connectivity index (χ0) is 20.3. The molecule has 160 valence electrons. The lowest BCUT2D eigenvalue weighted by Gasteiger charge is -2.62. The largest absolute Gasteiger partial charge is 0.550 e. The van der Waals surface area contributed by atoms with Gasteiger partial charge in [-0.25, -0.2) is 0 Å². The van der Waals surface area contributed by atoms with E-state index in [1.165, 1.54) is 25.7 Å². The van der Waals surface area contributed by atoms with Gasteiger partial charge in [-0.1, -0.05) is 20.8 Å². The molecule has 0 aromatic heterocycles. The van der Waals surface area contributed by atoms with Crippen molar-refractivity contribution in [3.8, 4) is 0 Å². The van der Waals surface area contributed by atoms with E-state index >= 15 is 0 Å². The van der Waals surface area contributed by atoms with Crippen LogP contribution in [-0.4, -0.2) is 28.4 Å². The molecular formula is C24H39O4-. The van der Waals surface area contributed by atoms with E-state index in [1.807, 2.05) is 0 Å². The van der Waals surface area contributed by atoms with Crippen LogP contribution in [0.2, 0.25) is 0 Å². The van der Waals surface area contributed by atoms with Gasteiger partial charge in [-0.2, -0.15) is 0 Å². The summed E-state index contributed by atoms with van der Waals surface area (Å²) in [6, 6.07) is 0. The number of aliphatic carboxylic acids is 1. The number of aliphatic hydroxyl groups excluding tert-OH is 2. The molecule has 0 spiro atoms. The Morgan fingerprint density at radius 2 is 1.71 bits per heavy atom. The second kappa shape index (κ2) is 7.27. The summed E-state index contributed by atoms with van der Waals surface area (Å²) in [6.45, 7) is 7.11. The Balaban J connectivity index is 1.55. The second-order valence-corrected chi connectivity index (χ2v) is 11.3. The lowest BCUT2D eigenvalue weighted by Crippen LogP contribution is -2.58. The zero-order valence-corrected chi connectivity index (χ0v) is 17.9. The number of carbonyl (C=O) groups excluding carboxylic acids is 1. The number of aliphatic hydroxyl groups is 2. The molecule has 4 aliphatic carbocycles. The molecule has 0 radical (unpaired) electrons. The second-order valence-electron chi connectivity index (χ2n) is 11.3. The van der Waals surface area contributed by atoms with E-state index in [0.29, 0.717) is 41.9 Å². The molecule has 0 aromatic carbocycles. The predicted octanol–water partition coefficient (Wildman–Crippen LogP) is 3.14. The van der Waals surface area contributed by atoms with Crippen molar-refractivity contribution in [1.29, 1.82) is 0 Å². The maximum absolute atomic E-state index is 11.2. The minimum Gasteiger partial charge on any atom is -0.550 e. The van der Waals surface area contributed by atoms with E-state index in [-0.39, 0.29) is 29.5 Å². The Morgan fingerprint density at radius 1 is 1.04 bits per heavy atom. The molecule has 0 saturated heterocycles. The Labute approximate surface area is 170 Å². The Morgan fingerprint density at radius 3 is 2.43 bits per heavy atom. The van der Waals surface area contributed by atoms with Gasteiger partial charge in [0.2, 0.25) is 0 Å². The highest BCUT2D eigenvalue weighted by molar-refractivity contribution is 5.64. The van der Waals surface area contributed by atoms with E-state index in [1.54, 1.807) is 0 Å². The normalized spacial score (nSPS) is 51.7. The fraction of sp³-hybridized carbons (Fsp3) is 0.958. The van der Waals surface area contributed by atoms with Crippen LogP contribution in [0.25, 0.3) is 0 Å². The maximum Gasteiger partial charge on any atom is 0.0577 e. The van der Waals surface area contributed by atoms with Gasteiger partial charge in [0.15, 0.2) is 0 Å². The summed E-state index contributed by atoms with van der Waals surface area (Å²) in [5.74, 6) is 1.99. The van der Waals surface area contributed by atoms with Crippen molar-refractivity contribution >= 4 is 5.97 Å². The molecule has 0 aliphatic heterocycles.